The van der Waals surface area contributed by atoms with E-state index in [0.29, 0.717) is 24.5 Å². The van der Waals surface area contributed by atoms with Crippen LogP contribution in [-0.4, -0.2) is 31.0 Å². The van der Waals surface area contributed by atoms with Crippen LogP contribution in [0.2, 0.25) is 0 Å². The molecule has 1 aromatic rings. The molecule has 19 heavy (non-hydrogen) atoms. The number of unbranched alkanes of at least 4 members (excludes halogenated alkanes) is 2. The number of ether oxygens (including phenoxy) is 1. The number of amides is 1. The van der Waals surface area contributed by atoms with Gasteiger partial charge in [-0.1, -0.05) is 31.9 Å². The first-order valence-corrected chi connectivity index (χ1v) is 6.86. The van der Waals surface area contributed by atoms with E-state index < -0.39 is 0 Å². The Balaban J connectivity index is 2.25. The van der Waals surface area contributed by atoms with Gasteiger partial charge in [-0.05, 0) is 18.6 Å². The first-order valence-electron chi connectivity index (χ1n) is 6.86. The molecule has 4 heteroatoms. The van der Waals surface area contributed by atoms with Gasteiger partial charge in [0.2, 0.25) is 5.91 Å². The number of carbonyl (C=O) groups excluding carboxylic acids is 1. The normalized spacial score (nSPS) is 10.2. The van der Waals surface area contributed by atoms with E-state index in [0.717, 1.165) is 19.4 Å². The van der Waals surface area contributed by atoms with Gasteiger partial charge in [0.05, 0.1) is 18.7 Å². The molecule has 1 aromatic carbocycles. The zero-order valence-electron chi connectivity index (χ0n) is 11.9. The summed E-state index contributed by atoms with van der Waals surface area (Å²) in [6, 6.07) is 7.32. The molecule has 0 spiro atoms. The Labute approximate surface area is 115 Å². The number of hydrogen-bond donors (Lipinski definition) is 1. The van der Waals surface area contributed by atoms with Crippen molar-refractivity contribution in [2.24, 2.45) is 0 Å². The van der Waals surface area contributed by atoms with Crippen LogP contribution in [0.3, 0.4) is 0 Å². The van der Waals surface area contributed by atoms with Gasteiger partial charge in [0, 0.05) is 13.6 Å². The molecule has 1 rings (SSSR count). The summed E-state index contributed by atoms with van der Waals surface area (Å²) in [4.78, 5) is 13.6. The van der Waals surface area contributed by atoms with Gasteiger partial charge in [0.1, 0.15) is 5.75 Å². The van der Waals surface area contributed by atoms with Crippen molar-refractivity contribution < 1.29 is 9.53 Å². The van der Waals surface area contributed by atoms with Gasteiger partial charge in [-0.15, -0.1) is 0 Å². The summed E-state index contributed by atoms with van der Waals surface area (Å²) in [5.41, 5.74) is 6.36. The van der Waals surface area contributed by atoms with E-state index in [1.165, 1.54) is 6.42 Å². The molecule has 0 heterocycles. The van der Waals surface area contributed by atoms with Crippen LogP contribution in [-0.2, 0) is 4.79 Å². The van der Waals surface area contributed by atoms with Crippen molar-refractivity contribution >= 4 is 11.6 Å². The molecule has 0 aromatic heterocycles. The Bertz CT molecular complexity index is 393. The molecule has 0 fully saturated rings. The smallest absolute Gasteiger partial charge is 0.225 e. The second-order valence-corrected chi connectivity index (χ2v) is 4.66. The topological polar surface area (TPSA) is 55.6 Å². The minimum Gasteiger partial charge on any atom is -0.491 e. The quantitative estimate of drug-likeness (QED) is 0.580. The van der Waals surface area contributed by atoms with Gasteiger partial charge in [-0.3, -0.25) is 4.79 Å². The highest BCUT2D eigenvalue weighted by molar-refractivity contribution is 5.76. The first kappa shape index (κ1) is 15.3. The van der Waals surface area contributed by atoms with E-state index in [1.807, 2.05) is 25.2 Å². The van der Waals surface area contributed by atoms with Crippen LogP contribution >= 0.6 is 0 Å². The summed E-state index contributed by atoms with van der Waals surface area (Å²) in [6.45, 7) is 3.34. The Morgan fingerprint density at radius 2 is 2.05 bits per heavy atom. The lowest BCUT2D eigenvalue weighted by Crippen LogP contribution is -2.28. The number of carbonyl (C=O) groups is 1. The summed E-state index contributed by atoms with van der Waals surface area (Å²) >= 11 is 0. The molecule has 0 bridgehead atoms. The van der Waals surface area contributed by atoms with E-state index in [4.69, 9.17) is 10.5 Å². The van der Waals surface area contributed by atoms with Crippen molar-refractivity contribution in [2.45, 2.75) is 32.6 Å². The Morgan fingerprint density at radius 3 is 2.74 bits per heavy atom. The summed E-state index contributed by atoms with van der Waals surface area (Å²) < 4.78 is 5.51. The Morgan fingerprint density at radius 1 is 1.32 bits per heavy atom. The first-order chi connectivity index (χ1) is 9.15. The molecule has 2 N–H and O–H groups in total. The van der Waals surface area contributed by atoms with Gasteiger partial charge < -0.3 is 15.4 Å². The Kier molecular flexibility index (Phi) is 6.79. The molecule has 106 valence electrons. The zero-order valence-corrected chi connectivity index (χ0v) is 11.9. The SMILES string of the molecule is CCCCCN(C)C(=O)CCOc1ccccc1N. The Hall–Kier alpha value is -1.71. The third-order valence-corrected chi connectivity index (χ3v) is 3.02. The highest BCUT2D eigenvalue weighted by Crippen LogP contribution is 2.19. The molecule has 4 nitrogen and oxygen atoms in total. The number of benzene rings is 1. The maximum Gasteiger partial charge on any atom is 0.225 e. The third kappa shape index (κ3) is 5.64. The average molecular weight is 264 g/mol. The van der Waals surface area contributed by atoms with Crippen molar-refractivity contribution in [1.82, 2.24) is 4.90 Å². The molecular formula is C15H24N2O2. The lowest BCUT2D eigenvalue weighted by molar-refractivity contribution is -0.130. The number of nitrogen functional groups attached to an aromatic ring is 1. The molecular weight excluding hydrogens is 240 g/mol. The predicted molar refractivity (Wildman–Crippen MR) is 78.1 cm³/mol. The van der Waals surface area contributed by atoms with Crippen LogP contribution in [0.1, 0.15) is 32.6 Å². The largest absolute Gasteiger partial charge is 0.491 e. The summed E-state index contributed by atoms with van der Waals surface area (Å²) in [5.74, 6) is 0.759. The lowest BCUT2D eigenvalue weighted by atomic mass is 10.2. The average Bonchev–Trinajstić information content (AvgIpc) is 2.41. The zero-order chi connectivity index (χ0) is 14.1. The van der Waals surface area contributed by atoms with Crippen LogP contribution in [0.15, 0.2) is 24.3 Å². The molecule has 0 aliphatic heterocycles. The summed E-state index contributed by atoms with van der Waals surface area (Å²) in [6.07, 6.45) is 3.77. The summed E-state index contributed by atoms with van der Waals surface area (Å²) in [7, 11) is 1.84. The van der Waals surface area contributed by atoms with Crippen molar-refractivity contribution in [3.05, 3.63) is 24.3 Å². The number of rotatable bonds is 8. The van der Waals surface area contributed by atoms with Gasteiger partial charge >= 0.3 is 0 Å². The molecule has 0 aliphatic carbocycles. The van der Waals surface area contributed by atoms with Crippen LogP contribution in [0.5, 0.6) is 5.75 Å². The molecule has 0 radical (unpaired) electrons. The molecule has 0 aliphatic rings. The van der Waals surface area contributed by atoms with Crippen LogP contribution in [0.25, 0.3) is 0 Å². The number of anilines is 1. The van der Waals surface area contributed by atoms with Gasteiger partial charge in [-0.2, -0.15) is 0 Å². The highest BCUT2D eigenvalue weighted by atomic mass is 16.5. The molecule has 0 atom stereocenters. The van der Waals surface area contributed by atoms with E-state index in [-0.39, 0.29) is 5.91 Å². The molecule has 0 unspecified atom stereocenters. The fourth-order valence-electron chi connectivity index (χ4n) is 1.77. The second kappa shape index (κ2) is 8.40. The molecule has 0 saturated carbocycles. The number of nitrogens with zero attached hydrogens (tertiary/aromatic N) is 1. The number of nitrogens with two attached hydrogens (primary N) is 1. The lowest BCUT2D eigenvalue weighted by Gasteiger charge is -2.17. The standard InChI is InChI=1S/C15H24N2O2/c1-3-4-7-11-17(2)15(18)10-12-19-14-9-6-5-8-13(14)16/h5-6,8-9H,3-4,7,10-12,16H2,1-2H3. The molecule has 0 saturated heterocycles. The fraction of sp³-hybridized carbons (Fsp3) is 0.533. The van der Waals surface area contributed by atoms with Gasteiger partial charge in [-0.25, -0.2) is 0 Å². The maximum absolute atomic E-state index is 11.8. The van der Waals surface area contributed by atoms with Crippen LogP contribution in [0, 0.1) is 0 Å². The number of para-hydroxylation sites is 2. The van der Waals surface area contributed by atoms with E-state index in [9.17, 15) is 4.79 Å². The van der Waals surface area contributed by atoms with E-state index >= 15 is 0 Å². The van der Waals surface area contributed by atoms with Crippen LogP contribution in [0.4, 0.5) is 5.69 Å². The van der Waals surface area contributed by atoms with E-state index in [2.05, 4.69) is 6.92 Å². The van der Waals surface area contributed by atoms with Crippen molar-refractivity contribution in [3.63, 3.8) is 0 Å². The maximum atomic E-state index is 11.8. The van der Waals surface area contributed by atoms with Crippen molar-refractivity contribution in [3.8, 4) is 5.75 Å². The summed E-state index contributed by atoms with van der Waals surface area (Å²) in [5, 5.41) is 0. The fourth-order valence-corrected chi connectivity index (χ4v) is 1.77. The monoisotopic (exact) mass is 264 g/mol. The van der Waals surface area contributed by atoms with Gasteiger partial charge in [0.25, 0.3) is 0 Å². The number of hydrogen-bond acceptors (Lipinski definition) is 3. The predicted octanol–water partition coefficient (Wildman–Crippen LogP) is 2.69. The molecule has 1 amide bonds. The third-order valence-electron chi connectivity index (χ3n) is 3.02. The van der Waals surface area contributed by atoms with E-state index in [1.54, 1.807) is 11.0 Å². The second-order valence-electron chi connectivity index (χ2n) is 4.66. The highest BCUT2D eigenvalue weighted by Gasteiger charge is 2.08. The van der Waals surface area contributed by atoms with Crippen LogP contribution < -0.4 is 10.5 Å². The minimum atomic E-state index is 0.116. The van der Waals surface area contributed by atoms with Crippen molar-refractivity contribution in [2.75, 3.05) is 25.9 Å². The van der Waals surface area contributed by atoms with Crippen molar-refractivity contribution in [1.29, 1.82) is 0 Å². The minimum absolute atomic E-state index is 0.116. The van der Waals surface area contributed by atoms with Gasteiger partial charge in [0.15, 0.2) is 0 Å².